The van der Waals surface area contributed by atoms with Gasteiger partial charge in [0.05, 0.1) is 0 Å². The van der Waals surface area contributed by atoms with Gasteiger partial charge in [-0.15, -0.1) is 0 Å². The maximum absolute atomic E-state index is 12.5. The van der Waals surface area contributed by atoms with Gasteiger partial charge in [-0.3, -0.25) is 4.79 Å². The van der Waals surface area contributed by atoms with Gasteiger partial charge in [-0.2, -0.15) is 0 Å². The first-order valence-electron chi connectivity index (χ1n) is 3.58. The number of pyridine rings is 1. The summed E-state index contributed by atoms with van der Waals surface area (Å²) in [6, 6.07) is 1.48. The zero-order chi connectivity index (χ0) is 10.7. The summed E-state index contributed by atoms with van der Waals surface area (Å²) in [4.78, 5) is 14.3. The van der Waals surface area contributed by atoms with Gasteiger partial charge in [0.2, 0.25) is 0 Å². The Kier molecular flexibility index (Phi) is 4.36. The second-order valence-electron chi connectivity index (χ2n) is 2.45. The van der Waals surface area contributed by atoms with Crippen LogP contribution in [0.25, 0.3) is 0 Å². The molecule has 0 amide bonds. The van der Waals surface area contributed by atoms with E-state index < -0.39 is 6.43 Å². The molecule has 0 N–H and O–H groups in total. The fraction of sp³-hybridized carbons (Fsp3) is 0.250. The van der Waals surface area contributed by atoms with Crippen molar-refractivity contribution in [2.75, 3.05) is 0 Å². The zero-order valence-electron chi connectivity index (χ0n) is 6.81. The van der Waals surface area contributed by atoms with E-state index in [2.05, 4.69) is 20.9 Å². The van der Waals surface area contributed by atoms with Crippen LogP contribution >= 0.6 is 38.5 Å². The summed E-state index contributed by atoms with van der Waals surface area (Å²) in [6.07, 6.45) is -2.09. The molecule has 6 heteroatoms. The highest BCUT2D eigenvalue weighted by Gasteiger charge is 2.18. The van der Waals surface area contributed by atoms with E-state index in [1.807, 2.05) is 0 Å². The minimum Gasteiger partial charge on any atom is -0.298 e. The Bertz CT molecular complexity index is 359. The Labute approximate surface area is 101 Å². The van der Waals surface area contributed by atoms with E-state index in [1.165, 1.54) is 6.07 Å². The van der Waals surface area contributed by atoms with E-state index in [4.69, 9.17) is 0 Å². The summed E-state index contributed by atoms with van der Waals surface area (Å²) < 4.78 is 25.4. The van der Waals surface area contributed by atoms with Crippen LogP contribution in [0.15, 0.2) is 6.07 Å². The van der Waals surface area contributed by atoms with Crippen molar-refractivity contribution in [2.45, 2.75) is 11.8 Å². The minimum absolute atomic E-state index is 0.199. The predicted molar refractivity (Wildman–Crippen MR) is 59.9 cm³/mol. The number of aldehydes is 1. The number of carbonyl (C=O) groups is 1. The lowest BCUT2D eigenvalue weighted by Gasteiger charge is -2.08. The molecule has 0 spiro atoms. The number of hydrogen-bond acceptors (Lipinski definition) is 2. The van der Waals surface area contributed by atoms with Gasteiger partial charge in [-0.05, 0) is 28.7 Å². The van der Waals surface area contributed by atoms with Gasteiger partial charge >= 0.3 is 0 Å². The van der Waals surface area contributed by atoms with Crippen molar-refractivity contribution >= 4 is 44.8 Å². The molecule has 0 aliphatic rings. The van der Waals surface area contributed by atoms with E-state index in [0.29, 0.717) is 9.99 Å². The van der Waals surface area contributed by atoms with Crippen LogP contribution in [0, 0.1) is 3.70 Å². The van der Waals surface area contributed by atoms with Gasteiger partial charge in [0.15, 0.2) is 6.29 Å². The molecule has 0 fully saturated rings. The minimum atomic E-state index is -2.66. The summed E-state index contributed by atoms with van der Waals surface area (Å²) >= 11 is 4.86. The van der Waals surface area contributed by atoms with Gasteiger partial charge < -0.3 is 0 Å². The van der Waals surface area contributed by atoms with Crippen LogP contribution in [0.3, 0.4) is 0 Å². The second-order valence-corrected chi connectivity index (χ2v) is 4.12. The molecule has 2 nitrogen and oxygen atoms in total. The van der Waals surface area contributed by atoms with E-state index in [0.717, 1.165) is 0 Å². The fourth-order valence-corrected chi connectivity index (χ4v) is 2.22. The van der Waals surface area contributed by atoms with Crippen LogP contribution in [-0.2, 0) is 5.33 Å². The SMILES string of the molecule is O=Cc1cc(I)nc(C(F)F)c1CBr. The smallest absolute Gasteiger partial charge is 0.280 e. The van der Waals surface area contributed by atoms with Crippen LogP contribution in [0.5, 0.6) is 0 Å². The van der Waals surface area contributed by atoms with Crippen molar-refractivity contribution in [2.24, 2.45) is 0 Å². The molecule has 0 aliphatic carbocycles. The Morgan fingerprint density at radius 1 is 1.64 bits per heavy atom. The fourth-order valence-electron chi connectivity index (χ4n) is 1.01. The molecule has 1 aromatic rings. The highest BCUT2D eigenvalue weighted by Crippen LogP contribution is 2.26. The number of nitrogens with zero attached hydrogens (tertiary/aromatic N) is 1. The van der Waals surface area contributed by atoms with Crippen molar-refractivity contribution in [3.8, 4) is 0 Å². The average molecular weight is 376 g/mol. The Hall–Kier alpha value is -0.110. The third kappa shape index (κ3) is 2.47. The van der Waals surface area contributed by atoms with Crippen molar-refractivity contribution in [1.82, 2.24) is 4.98 Å². The quantitative estimate of drug-likeness (QED) is 0.351. The van der Waals surface area contributed by atoms with Crippen molar-refractivity contribution in [1.29, 1.82) is 0 Å². The van der Waals surface area contributed by atoms with Crippen LogP contribution in [-0.4, -0.2) is 11.3 Å². The molecule has 0 aliphatic heterocycles. The first-order chi connectivity index (χ1) is 6.60. The number of halogens is 4. The van der Waals surface area contributed by atoms with Crippen LogP contribution in [0.1, 0.15) is 28.0 Å². The van der Waals surface area contributed by atoms with Crippen molar-refractivity contribution in [3.05, 3.63) is 26.6 Å². The molecular weight excluding hydrogens is 371 g/mol. The Morgan fingerprint density at radius 3 is 2.71 bits per heavy atom. The van der Waals surface area contributed by atoms with Crippen molar-refractivity contribution < 1.29 is 13.6 Å². The second kappa shape index (κ2) is 5.11. The molecule has 1 heterocycles. The molecule has 0 saturated carbocycles. The normalized spacial score (nSPS) is 10.6. The average Bonchev–Trinajstić information content (AvgIpc) is 2.16. The van der Waals surface area contributed by atoms with Crippen LogP contribution in [0.2, 0.25) is 0 Å². The zero-order valence-corrected chi connectivity index (χ0v) is 10.5. The molecule has 0 bridgehead atoms. The maximum Gasteiger partial charge on any atom is 0.280 e. The summed E-state index contributed by atoms with van der Waals surface area (Å²) in [7, 11) is 0. The summed E-state index contributed by atoms with van der Waals surface area (Å²) in [5.41, 5.74) is 0.197. The molecule has 1 aromatic heterocycles. The van der Waals surface area contributed by atoms with E-state index in [9.17, 15) is 13.6 Å². The number of aromatic nitrogens is 1. The molecule has 14 heavy (non-hydrogen) atoms. The Morgan fingerprint density at radius 2 is 2.29 bits per heavy atom. The maximum atomic E-state index is 12.5. The molecule has 0 radical (unpaired) electrons. The van der Waals surface area contributed by atoms with Crippen LogP contribution < -0.4 is 0 Å². The van der Waals surface area contributed by atoms with Gasteiger partial charge in [-0.1, -0.05) is 15.9 Å². The first kappa shape index (κ1) is 12.0. The van der Waals surface area contributed by atoms with Gasteiger partial charge in [0.1, 0.15) is 9.39 Å². The van der Waals surface area contributed by atoms with Gasteiger partial charge in [-0.25, -0.2) is 13.8 Å². The van der Waals surface area contributed by atoms with Crippen LogP contribution in [0.4, 0.5) is 8.78 Å². The summed E-state index contributed by atoms with van der Waals surface area (Å²) in [5, 5.41) is 0.199. The lowest BCUT2D eigenvalue weighted by molar-refractivity contribution is 0.112. The first-order valence-corrected chi connectivity index (χ1v) is 5.78. The number of hydrogen-bond donors (Lipinski definition) is 0. The molecule has 0 aromatic carbocycles. The Balaban J connectivity index is 3.39. The molecule has 1 rings (SSSR count). The van der Waals surface area contributed by atoms with E-state index in [-0.39, 0.29) is 22.2 Å². The van der Waals surface area contributed by atoms with Crippen molar-refractivity contribution in [3.63, 3.8) is 0 Å². The molecule has 0 atom stereocenters. The lowest BCUT2D eigenvalue weighted by atomic mass is 10.1. The number of carbonyl (C=O) groups excluding carboxylic acids is 1. The molecular formula is C8H5BrF2INO. The molecule has 76 valence electrons. The topological polar surface area (TPSA) is 30.0 Å². The monoisotopic (exact) mass is 375 g/mol. The molecule has 0 unspecified atom stereocenters. The van der Waals surface area contributed by atoms with Gasteiger partial charge in [0, 0.05) is 16.5 Å². The molecule has 0 saturated heterocycles. The van der Waals surface area contributed by atoms with Gasteiger partial charge in [0.25, 0.3) is 6.43 Å². The standard InChI is InChI=1S/C8H5BrF2INO/c9-2-5-4(3-14)1-6(12)13-7(5)8(10)11/h1,3,8H,2H2. The predicted octanol–water partition coefficient (Wildman–Crippen LogP) is 3.33. The van der Waals surface area contributed by atoms with E-state index >= 15 is 0 Å². The highest BCUT2D eigenvalue weighted by atomic mass is 127. The lowest BCUT2D eigenvalue weighted by Crippen LogP contribution is -2.03. The van der Waals surface area contributed by atoms with E-state index in [1.54, 1.807) is 22.6 Å². The number of rotatable bonds is 3. The highest BCUT2D eigenvalue weighted by molar-refractivity contribution is 14.1. The summed E-state index contributed by atoms with van der Waals surface area (Å²) in [6.45, 7) is 0. The number of alkyl halides is 3. The third-order valence-corrected chi connectivity index (χ3v) is 2.74. The largest absolute Gasteiger partial charge is 0.298 e. The summed E-state index contributed by atoms with van der Waals surface area (Å²) in [5.74, 6) is 0. The third-order valence-electron chi connectivity index (χ3n) is 1.63.